The van der Waals surface area contributed by atoms with E-state index in [0.717, 1.165) is 42.0 Å². The molecule has 0 aliphatic carbocycles. The average molecular weight is 355 g/mol. The Bertz CT molecular complexity index is 732. The molecule has 0 fully saturated rings. The van der Waals surface area contributed by atoms with Crippen molar-refractivity contribution >= 4 is 5.91 Å². The summed E-state index contributed by atoms with van der Waals surface area (Å²) < 4.78 is 5.22. The van der Waals surface area contributed by atoms with Gasteiger partial charge in [-0.05, 0) is 31.0 Å². The van der Waals surface area contributed by atoms with Gasteiger partial charge in [0.2, 0.25) is 0 Å². The van der Waals surface area contributed by atoms with Crippen molar-refractivity contribution in [1.29, 1.82) is 0 Å². The number of methoxy groups -OCH3 is 1. The Labute approximate surface area is 156 Å². The molecular formula is C21H29N3O2. The minimum absolute atomic E-state index is 0.0669. The number of ether oxygens (including phenoxy) is 1. The summed E-state index contributed by atoms with van der Waals surface area (Å²) in [5, 5.41) is 3.38. The van der Waals surface area contributed by atoms with Gasteiger partial charge in [0.25, 0.3) is 5.91 Å². The number of carbonyl (C=O) groups is 1. The molecular weight excluding hydrogens is 326 g/mol. The first-order chi connectivity index (χ1) is 12.4. The maximum Gasteiger partial charge on any atom is 0.277 e. The molecule has 1 aromatic carbocycles. The highest BCUT2D eigenvalue weighted by Gasteiger charge is 2.29. The minimum atomic E-state index is -0.0669. The number of unbranched alkanes of at least 4 members (excludes halogenated alkanes) is 1. The molecule has 1 N–H and O–H groups in total. The zero-order chi connectivity index (χ0) is 19.3. The van der Waals surface area contributed by atoms with Gasteiger partial charge in [-0.2, -0.15) is 0 Å². The van der Waals surface area contributed by atoms with Crippen LogP contribution in [0.15, 0.2) is 59.8 Å². The topological polar surface area (TPSA) is 44.8 Å². The molecule has 2 rings (SSSR count). The summed E-state index contributed by atoms with van der Waals surface area (Å²) in [6, 6.07) is 8.00. The van der Waals surface area contributed by atoms with Crippen LogP contribution in [0, 0.1) is 0 Å². The summed E-state index contributed by atoms with van der Waals surface area (Å²) in [7, 11) is 5.32. The normalized spacial score (nSPS) is 15.7. The molecule has 5 nitrogen and oxygen atoms in total. The fourth-order valence-corrected chi connectivity index (χ4v) is 2.78. The highest BCUT2D eigenvalue weighted by molar-refractivity contribution is 5.95. The molecule has 0 saturated carbocycles. The van der Waals surface area contributed by atoms with Crippen LogP contribution in [0.2, 0.25) is 0 Å². The number of likely N-dealkylation sites (N-methyl/N-ethyl adjacent to an activating group) is 1. The van der Waals surface area contributed by atoms with E-state index in [-0.39, 0.29) is 5.91 Å². The van der Waals surface area contributed by atoms with Crippen LogP contribution in [0.25, 0.3) is 0 Å². The standard InChI is InChI=1S/C21H29N3O2/c1-7-8-9-18(14-17-10-12-19(26-6)13-11-17)22-20-15(2)23(4)16(3)24(5)21(20)25/h9-13,22H,3,7-8,14H2,1-2,4-6H3/b18-9+. The van der Waals surface area contributed by atoms with Gasteiger partial charge >= 0.3 is 0 Å². The van der Waals surface area contributed by atoms with Gasteiger partial charge in [-0.25, -0.2) is 0 Å². The van der Waals surface area contributed by atoms with E-state index in [9.17, 15) is 4.79 Å². The molecule has 1 aliphatic heterocycles. The Hall–Kier alpha value is -2.69. The van der Waals surface area contributed by atoms with Gasteiger partial charge in [0.1, 0.15) is 17.3 Å². The minimum Gasteiger partial charge on any atom is -0.497 e. The number of carbonyl (C=O) groups excluding carboxylic acids is 1. The predicted octanol–water partition coefficient (Wildman–Crippen LogP) is 3.62. The summed E-state index contributed by atoms with van der Waals surface area (Å²) in [6.45, 7) is 8.04. The number of rotatable bonds is 7. The second-order valence-electron chi connectivity index (χ2n) is 6.47. The van der Waals surface area contributed by atoms with E-state index in [1.54, 1.807) is 19.1 Å². The van der Waals surface area contributed by atoms with Gasteiger partial charge in [0.15, 0.2) is 0 Å². The summed E-state index contributed by atoms with van der Waals surface area (Å²) in [6.07, 6.45) is 4.90. The van der Waals surface area contributed by atoms with E-state index in [1.165, 1.54) is 0 Å². The molecule has 140 valence electrons. The third-order valence-electron chi connectivity index (χ3n) is 4.68. The van der Waals surface area contributed by atoms with Crippen molar-refractivity contribution in [3.8, 4) is 5.75 Å². The van der Waals surface area contributed by atoms with E-state index in [4.69, 9.17) is 4.74 Å². The van der Waals surface area contributed by atoms with Crippen molar-refractivity contribution in [2.45, 2.75) is 33.1 Å². The first-order valence-electron chi connectivity index (χ1n) is 8.89. The highest BCUT2D eigenvalue weighted by Crippen LogP contribution is 2.24. The fraction of sp³-hybridized carbons (Fsp3) is 0.381. The molecule has 0 spiro atoms. The van der Waals surface area contributed by atoms with E-state index in [2.05, 4.69) is 24.9 Å². The van der Waals surface area contributed by atoms with Crippen molar-refractivity contribution in [2.75, 3.05) is 21.2 Å². The summed E-state index contributed by atoms with van der Waals surface area (Å²) in [4.78, 5) is 16.2. The monoisotopic (exact) mass is 355 g/mol. The van der Waals surface area contributed by atoms with E-state index in [1.807, 2.05) is 43.1 Å². The first-order valence-corrected chi connectivity index (χ1v) is 8.89. The molecule has 5 heteroatoms. The van der Waals surface area contributed by atoms with Crippen molar-refractivity contribution in [3.63, 3.8) is 0 Å². The van der Waals surface area contributed by atoms with Crippen molar-refractivity contribution in [1.82, 2.24) is 15.1 Å². The summed E-state index contributed by atoms with van der Waals surface area (Å²) in [5.41, 5.74) is 3.65. The van der Waals surface area contributed by atoms with Gasteiger partial charge in [0, 0.05) is 31.9 Å². The summed E-state index contributed by atoms with van der Waals surface area (Å²) in [5.74, 6) is 1.44. The Kier molecular flexibility index (Phi) is 6.50. The van der Waals surface area contributed by atoms with Gasteiger partial charge in [-0.3, -0.25) is 9.69 Å². The molecule has 0 radical (unpaired) electrons. The van der Waals surface area contributed by atoms with Gasteiger partial charge < -0.3 is 15.0 Å². The van der Waals surface area contributed by atoms with E-state index >= 15 is 0 Å². The largest absolute Gasteiger partial charge is 0.497 e. The quantitative estimate of drug-likeness (QED) is 0.811. The van der Waals surface area contributed by atoms with Crippen LogP contribution in [0.3, 0.4) is 0 Å². The van der Waals surface area contributed by atoms with Crippen LogP contribution >= 0.6 is 0 Å². The molecule has 1 amide bonds. The smallest absolute Gasteiger partial charge is 0.277 e. The molecule has 0 atom stereocenters. The van der Waals surface area contributed by atoms with Gasteiger partial charge in [-0.15, -0.1) is 0 Å². The third-order valence-corrected chi connectivity index (χ3v) is 4.68. The van der Waals surface area contributed by atoms with Crippen molar-refractivity contribution < 1.29 is 9.53 Å². The molecule has 0 saturated heterocycles. The van der Waals surface area contributed by atoms with Crippen LogP contribution in [0.4, 0.5) is 0 Å². The van der Waals surface area contributed by atoms with Crippen molar-refractivity contribution in [3.05, 3.63) is 65.4 Å². The third kappa shape index (κ3) is 4.28. The predicted molar refractivity (Wildman–Crippen MR) is 105 cm³/mol. The van der Waals surface area contributed by atoms with Gasteiger partial charge in [0.05, 0.1) is 7.11 Å². The van der Waals surface area contributed by atoms with Crippen molar-refractivity contribution in [2.24, 2.45) is 0 Å². The Balaban J connectivity index is 2.27. The molecule has 1 aliphatic rings. The Morgan fingerprint density at radius 1 is 1.23 bits per heavy atom. The number of benzene rings is 1. The zero-order valence-corrected chi connectivity index (χ0v) is 16.4. The summed E-state index contributed by atoms with van der Waals surface area (Å²) >= 11 is 0. The molecule has 0 bridgehead atoms. The zero-order valence-electron chi connectivity index (χ0n) is 16.4. The number of allylic oxidation sites excluding steroid dienone is 3. The lowest BCUT2D eigenvalue weighted by Crippen LogP contribution is -2.44. The number of nitrogens with zero attached hydrogens (tertiary/aromatic N) is 2. The average Bonchev–Trinajstić information content (AvgIpc) is 2.66. The SMILES string of the molecule is C=C1N(C)C(=O)C(N/C(=C/CCC)Cc2ccc(OC)cc2)=C(C)N1C. The van der Waals surface area contributed by atoms with Gasteiger partial charge in [-0.1, -0.05) is 38.1 Å². The highest BCUT2D eigenvalue weighted by atomic mass is 16.5. The fourth-order valence-electron chi connectivity index (χ4n) is 2.78. The Morgan fingerprint density at radius 3 is 2.46 bits per heavy atom. The molecule has 1 aromatic rings. The van der Waals surface area contributed by atoms with E-state index < -0.39 is 0 Å². The van der Waals surface area contributed by atoms with Crippen LogP contribution in [0.1, 0.15) is 32.3 Å². The lowest BCUT2D eigenvalue weighted by molar-refractivity contribution is -0.126. The lowest BCUT2D eigenvalue weighted by atomic mass is 10.1. The number of hydrogen-bond acceptors (Lipinski definition) is 4. The second kappa shape index (κ2) is 8.61. The first kappa shape index (κ1) is 19.6. The van der Waals surface area contributed by atoms with Crippen LogP contribution in [0.5, 0.6) is 5.75 Å². The molecule has 0 aromatic heterocycles. The molecule has 1 heterocycles. The second-order valence-corrected chi connectivity index (χ2v) is 6.47. The van der Waals surface area contributed by atoms with Crippen LogP contribution in [-0.2, 0) is 11.2 Å². The number of hydrogen-bond donors (Lipinski definition) is 1. The molecule has 0 unspecified atom stereocenters. The van der Waals surface area contributed by atoms with Crippen LogP contribution in [-0.4, -0.2) is 36.9 Å². The van der Waals surface area contributed by atoms with Crippen LogP contribution < -0.4 is 10.1 Å². The Morgan fingerprint density at radius 2 is 1.88 bits per heavy atom. The maximum absolute atomic E-state index is 12.7. The maximum atomic E-state index is 12.7. The lowest BCUT2D eigenvalue weighted by Gasteiger charge is -2.36. The molecule has 26 heavy (non-hydrogen) atoms. The number of nitrogens with one attached hydrogen (secondary N) is 1. The van der Waals surface area contributed by atoms with E-state index in [0.29, 0.717) is 11.5 Å². The number of amides is 1.